The molecule has 0 bridgehead atoms. The van der Waals surface area contributed by atoms with Gasteiger partial charge >= 0.3 is 0 Å². The molecule has 1 fully saturated rings. The van der Waals surface area contributed by atoms with Gasteiger partial charge in [-0.25, -0.2) is 0 Å². The monoisotopic (exact) mass is 453 g/mol. The van der Waals surface area contributed by atoms with Gasteiger partial charge in [0.25, 0.3) is 0 Å². The van der Waals surface area contributed by atoms with Crippen LogP contribution in [0.4, 0.5) is 0 Å². The van der Waals surface area contributed by atoms with Crippen LogP contribution < -0.4 is 4.90 Å². The van der Waals surface area contributed by atoms with E-state index in [4.69, 9.17) is 0 Å². The van der Waals surface area contributed by atoms with Gasteiger partial charge in [0, 0.05) is 10.9 Å². The van der Waals surface area contributed by atoms with Crippen LogP contribution in [0, 0.1) is 13.8 Å². The number of hydrogen-bond donors (Lipinski definition) is 2. The Hall–Kier alpha value is -2.88. The number of quaternary nitrogens is 1. The molecule has 2 N–H and O–H groups in total. The third-order valence-corrected chi connectivity index (χ3v) is 7.33. The summed E-state index contributed by atoms with van der Waals surface area (Å²) in [5.74, 6) is 0. The molecule has 0 aliphatic carbocycles. The first kappa shape index (κ1) is 22.9. The molecule has 1 aliphatic rings. The molecule has 3 heteroatoms. The highest BCUT2D eigenvalue weighted by Gasteiger charge is 2.25. The van der Waals surface area contributed by atoms with Crippen LogP contribution in [0.2, 0.25) is 0 Å². The van der Waals surface area contributed by atoms with E-state index in [9.17, 15) is 5.11 Å². The lowest BCUT2D eigenvalue weighted by atomic mass is 9.97. The summed E-state index contributed by atoms with van der Waals surface area (Å²) in [5.41, 5.74) is 8.68. The van der Waals surface area contributed by atoms with Gasteiger partial charge in [0.1, 0.15) is 12.6 Å². The topological polar surface area (TPSA) is 29.6 Å². The van der Waals surface area contributed by atoms with Gasteiger partial charge in [-0.3, -0.25) is 0 Å². The SMILES string of the molecule is Cc1cc(C)c2c(c1)c(-c1ccccc1)c(-c1ccccc1)n2C[C@H](O)C[NH+]1CCCCCC1. The Balaban J connectivity index is 1.67. The molecule has 0 spiro atoms. The lowest BCUT2D eigenvalue weighted by Crippen LogP contribution is -3.13. The lowest BCUT2D eigenvalue weighted by Gasteiger charge is -2.22. The second-order valence-corrected chi connectivity index (χ2v) is 10.1. The van der Waals surface area contributed by atoms with Crippen molar-refractivity contribution in [3.63, 3.8) is 0 Å². The summed E-state index contributed by atoms with van der Waals surface area (Å²) >= 11 is 0. The third kappa shape index (κ3) is 4.68. The largest absolute Gasteiger partial charge is 0.385 e. The number of fused-ring (bicyclic) bond motifs is 1. The van der Waals surface area contributed by atoms with Crippen molar-refractivity contribution in [3.8, 4) is 22.4 Å². The Morgan fingerprint density at radius 2 is 1.44 bits per heavy atom. The molecule has 2 heterocycles. The van der Waals surface area contributed by atoms with E-state index in [2.05, 4.69) is 91.2 Å². The molecule has 1 atom stereocenters. The minimum atomic E-state index is -0.379. The molecule has 5 rings (SSSR count). The fraction of sp³-hybridized carbons (Fsp3) is 0.355. The molecule has 4 aromatic rings. The number of aliphatic hydroxyl groups is 1. The van der Waals surface area contributed by atoms with Crippen molar-refractivity contribution in [2.24, 2.45) is 0 Å². The zero-order valence-corrected chi connectivity index (χ0v) is 20.6. The van der Waals surface area contributed by atoms with Crippen molar-refractivity contribution in [3.05, 3.63) is 83.9 Å². The lowest BCUT2D eigenvalue weighted by molar-refractivity contribution is -0.902. The molecular weight excluding hydrogens is 416 g/mol. The van der Waals surface area contributed by atoms with Gasteiger partial charge in [0.15, 0.2) is 0 Å². The van der Waals surface area contributed by atoms with E-state index in [1.54, 1.807) is 4.90 Å². The van der Waals surface area contributed by atoms with E-state index >= 15 is 0 Å². The van der Waals surface area contributed by atoms with Crippen LogP contribution >= 0.6 is 0 Å². The summed E-state index contributed by atoms with van der Waals surface area (Å²) < 4.78 is 2.41. The molecule has 34 heavy (non-hydrogen) atoms. The van der Waals surface area contributed by atoms with Crippen molar-refractivity contribution < 1.29 is 10.0 Å². The molecule has 1 aromatic heterocycles. The van der Waals surface area contributed by atoms with Crippen LogP contribution in [-0.2, 0) is 6.54 Å². The number of aromatic nitrogens is 1. The maximum absolute atomic E-state index is 11.4. The van der Waals surface area contributed by atoms with Crippen molar-refractivity contribution in [2.75, 3.05) is 19.6 Å². The molecule has 0 amide bonds. The van der Waals surface area contributed by atoms with Gasteiger partial charge in [0.2, 0.25) is 0 Å². The van der Waals surface area contributed by atoms with E-state index in [-0.39, 0.29) is 6.10 Å². The van der Waals surface area contributed by atoms with Crippen molar-refractivity contribution in [1.82, 2.24) is 4.57 Å². The van der Waals surface area contributed by atoms with E-state index in [0.29, 0.717) is 6.54 Å². The van der Waals surface area contributed by atoms with Crippen LogP contribution in [-0.4, -0.2) is 35.4 Å². The number of likely N-dealkylation sites (tertiary alicyclic amines) is 1. The summed E-state index contributed by atoms with van der Waals surface area (Å²) in [6.07, 6.45) is 4.84. The minimum Gasteiger partial charge on any atom is -0.385 e. The first-order chi connectivity index (χ1) is 16.6. The Bertz CT molecular complexity index is 1240. The standard InChI is InChI=1S/C31H36N2O/c1-23-19-24(2)30-28(20-23)29(25-13-7-5-8-14-25)31(26-15-9-6-10-16-26)33(30)22-27(34)21-32-17-11-3-4-12-18-32/h5-10,13-16,19-20,27,34H,3-4,11-12,17-18,21-22H2,1-2H3/p+1/t27-/m1/s1. The van der Waals surface area contributed by atoms with E-state index in [0.717, 1.165) is 6.54 Å². The average molecular weight is 454 g/mol. The van der Waals surface area contributed by atoms with Crippen LogP contribution in [0.3, 0.4) is 0 Å². The smallest absolute Gasteiger partial charge is 0.121 e. The van der Waals surface area contributed by atoms with Crippen molar-refractivity contribution in [1.29, 1.82) is 0 Å². The van der Waals surface area contributed by atoms with Gasteiger partial charge < -0.3 is 14.6 Å². The van der Waals surface area contributed by atoms with Gasteiger partial charge in [-0.15, -0.1) is 0 Å². The maximum atomic E-state index is 11.4. The van der Waals surface area contributed by atoms with Crippen molar-refractivity contribution in [2.45, 2.75) is 52.2 Å². The Labute approximate surface area is 203 Å². The molecule has 176 valence electrons. The first-order valence-corrected chi connectivity index (χ1v) is 12.9. The predicted molar refractivity (Wildman–Crippen MR) is 142 cm³/mol. The number of hydrogen-bond acceptors (Lipinski definition) is 1. The molecule has 3 aromatic carbocycles. The summed E-state index contributed by atoms with van der Waals surface area (Å²) in [6, 6.07) is 26.0. The number of nitrogens with zero attached hydrogens (tertiary/aromatic N) is 1. The summed E-state index contributed by atoms with van der Waals surface area (Å²) in [4.78, 5) is 1.55. The van der Waals surface area contributed by atoms with Gasteiger partial charge in [-0.1, -0.05) is 72.3 Å². The quantitative estimate of drug-likeness (QED) is 0.402. The number of aliphatic hydroxyl groups excluding tert-OH is 1. The van der Waals surface area contributed by atoms with Gasteiger partial charge in [-0.05, 0) is 62.3 Å². The summed E-state index contributed by atoms with van der Waals surface area (Å²) in [7, 11) is 0. The Morgan fingerprint density at radius 3 is 2.09 bits per heavy atom. The van der Waals surface area contributed by atoms with Gasteiger partial charge in [-0.2, -0.15) is 0 Å². The molecule has 0 radical (unpaired) electrons. The van der Waals surface area contributed by atoms with Crippen LogP contribution in [0.15, 0.2) is 72.8 Å². The predicted octanol–water partition coefficient (Wildman–Crippen LogP) is 5.41. The van der Waals surface area contributed by atoms with Gasteiger partial charge in [0.05, 0.1) is 30.8 Å². The normalized spacial score (nSPS) is 16.0. The van der Waals surface area contributed by atoms with E-state index in [1.165, 1.54) is 83.2 Å². The molecular formula is C31H37N2O+. The van der Waals surface area contributed by atoms with E-state index < -0.39 is 0 Å². The fourth-order valence-corrected chi connectivity index (χ4v) is 5.90. The highest BCUT2D eigenvalue weighted by Crippen LogP contribution is 2.42. The highest BCUT2D eigenvalue weighted by molar-refractivity contribution is 6.06. The number of nitrogens with one attached hydrogen (secondary N) is 1. The first-order valence-electron chi connectivity index (χ1n) is 12.9. The van der Waals surface area contributed by atoms with Crippen LogP contribution in [0.25, 0.3) is 33.3 Å². The maximum Gasteiger partial charge on any atom is 0.121 e. The molecule has 0 unspecified atom stereocenters. The summed E-state index contributed by atoms with van der Waals surface area (Å²) in [6.45, 7) is 8.19. The van der Waals surface area contributed by atoms with Crippen LogP contribution in [0.5, 0.6) is 0 Å². The second-order valence-electron chi connectivity index (χ2n) is 10.1. The highest BCUT2D eigenvalue weighted by atomic mass is 16.3. The molecule has 1 aliphatic heterocycles. The zero-order valence-electron chi connectivity index (χ0n) is 20.6. The molecule has 0 saturated carbocycles. The number of aryl methyl sites for hydroxylation is 2. The number of benzene rings is 3. The Morgan fingerprint density at radius 1 is 0.824 bits per heavy atom. The van der Waals surface area contributed by atoms with Crippen molar-refractivity contribution >= 4 is 10.9 Å². The Kier molecular flexibility index (Phi) is 6.85. The zero-order chi connectivity index (χ0) is 23.5. The molecule has 3 nitrogen and oxygen atoms in total. The summed E-state index contributed by atoms with van der Waals surface area (Å²) in [5, 5.41) is 12.6. The van der Waals surface area contributed by atoms with E-state index in [1.807, 2.05) is 0 Å². The third-order valence-electron chi connectivity index (χ3n) is 7.33. The second kappa shape index (κ2) is 10.2. The average Bonchev–Trinajstić information content (AvgIpc) is 2.96. The number of rotatable bonds is 6. The minimum absolute atomic E-state index is 0.379. The fourth-order valence-electron chi connectivity index (χ4n) is 5.90. The molecule has 1 saturated heterocycles. The van der Waals surface area contributed by atoms with Crippen LogP contribution in [0.1, 0.15) is 36.8 Å².